The Hall–Kier alpha value is -1.77. The van der Waals surface area contributed by atoms with E-state index in [1.165, 1.54) is 0 Å². The Kier molecular flexibility index (Phi) is 2.03. The smallest absolute Gasteiger partial charge is 0.335 e. The summed E-state index contributed by atoms with van der Waals surface area (Å²) in [6.45, 7) is 4.13. The van der Waals surface area contributed by atoms with Crippen molar-refractivity contribution in [2.45, 2.75) is 19.4 Å². The summed E-state index contributed by atoms with van der Waals surface area (Å²) in [7, 11) is 0. The van der Waals surface area contributed by atoms with Gasteiger partial charge in [-0.2, -0.15) is 0 Å². The number of carboxylic acid groups (broad SMARTS) is 1. The van der Waals surface area contributed by atoms with Crippen LogP contribution in [0.15, 0.2) is 24.3 Å². The first-order chi connectivity index (χ1) is 6.98. The second kappa shape index (κ2) is 3.12. The molecule has 0 saturated carbocycles. The summed E-state index contributed by atoms with van der Waals surface area (Å²) in [5, 5.41) is 12.2. The number of fused-ring (bicyclic) bond motifs is 1. The molecular weight excluding hydrogens is 190 g/mol. The Bertz CT molecular complexity index is 447. The first-order valence-corrected chi connectivity index (χ1v) is 4.83. The van der Waals surface area contributed by atoms with E-state index in [1.807, 2.05) is 18.2 Å². The minimum Gasteiger partial charge on any atom is -0.478 e. The number of benzene rings is 1. The van der Waals surface area contributed by atoms with Crippen LogP contribution in [-0.4, -0.2) is 16.6 Å². The number of hydrogen-bond donors (Lipinski definition) is 2. The van der Waals surface area contributed by atoms with Gasteiger partial charge in [0.1, 0.15) is 0 Å². The zero-order valence-corrected chi connectivity index (χ0v) is 8.74. The van der Waals surface area contributed by atoms with E-state index in [1.54, 1.807) is 12.1 Å². The predicted molar refractivity (Wildman–Crippen MR) is 60.1 cm³/mol. The van der Waals surface area contributed by atoms with E-state index in [0.29, 0.717) is 5.56 Å². The SMILES string of the molecule is CC1(C)C=Cc2cc(C(=O)O)ccc2N1. The van der Waals surface area contributed by atoms with E-state index in [9.17, 15) is 4.79 Å². The third kappa shape index (κ3) is 1.86. The van der Waals surface area contributed by atoms with Crippen LogP contribution in [0.4, 0.5) is 5.69 Å². The molecule has 0 spiro atoms. The van der Waals surface area contributed by atoms with Crippen LogP contribution in [-0.2, 0) is 0 Å². The standard InChI is InChI=1S/C12H13NO2/c1-12(2)6-5-8-7-9(11(14)15)3-4-10(8)13-12/h3-7,13H,1-2H3,(H,14,15). The highest BCUT2D eigenvalue weighted by Crippen LogP contribution is 2.28. The van der Waals surface area contributed by atoms with Crippen LogP contribution in [0.3, 0.4) is 0 Å². The lowest BCUT2D eigenvalue weighted by atomic mass is 9.96. The fourth-order valence-electron chi connectivity index (χ4n) is 1.63. The zero-order valence-electron chi connectivity index (χ0n) is 8.74. The number of carboxylic acids is 1. The lowest BCUT2D eigenvalue weighted by Crippen LogP contribution is -2.30. The molecule has 3 heteroatoms. The van der Waals surface area contributed by atoms with E-state index >= 15 is 0 Å². The summed E-state index contributed by atoms with van der Waals surface area (Å²) in [6, 6.07) is 5.10. The van der Waals surface area contributed by atoms with Gasteiger partial charge in [0.2, 0.25) is 0 Å². The van der Waals surface area contributed by atoms with Crippen molar-refractivity contribution in [2.75, 3.05) is 5.32 Å². The third-order valence-electron chi connectivity index (χ3n) is 2.43. The number of aromatic carboxylic acids is 1. The number of rotatable bonds is 1. The molecule has 15 heavy (non-hydrogen) atoms. The van der Waals surface area contributed by atoms with Crippen molar-refractivity contribution < 1.29 is 9.90 Å². The van der Waals surface area contributed by atoms with Crippen molar-refractivity contribution in [3.63, 3.8) is 0 Å². The lowest BCUT2D eigenvalue weighted by molar-refractivity contribution is 0.0697. The Labute approximate surface area is 88.4 Å². The number of nitrogens with one attached hydrogen (secondary N) is 1. The molecule has 0 fully saturated rings. The van der Waals surface area contributed by atoms with Crippen molar-refractivity contribution >= 4 is 17.7 Å². The number of carbonyl (C=O) groups is 1. The molecule has 0 radical (unpaired) electrons. The zero-order chi connectivity index (χ0) is 11.1. The summed E-state index contributed by atoms with van der Waals surface area (Å²) in [5.41, 5.74) is 2.15. The van der Waals surface area contributed by atoms with Crippen LogP contribution < -0.4 is 5.32 Å². The molecule has 0 unspecified atom stereocenters. The predicted octanol–water partition coefficient (Wildman–Crippen LogP) is 2.60. The molecule has 0 saturated heterocycles. The van der Waals surface area contributed by atoms with Gasteiger partial charge in [0, 0.05) is 5.69 Å². The second-order valence-corrected chi connectivity index (χ2v) is 4.29. The minimum absolute atomic E-state index is 0.0717. The van der Waals surface area contributed by atoms with Crippen molar-refractivity contribution in [3.8, 4) is 0 Å². The molecule has 2 N–H and O–H groups in total. The van der Waals surface area contributed by atoms with Gasteiger partial charge >= 0.3 is 5.97 Å². The van der Waals surface area contributed by atoms with Gasteiger partial charge in [-0.05, 0) is 37.6 Å². The average molecular weight is 203 g/mol. The monoisotopic (exact) mass is 203 g/mol. The number of hydrogen-bond acceptors (Lipinski definition) is 2. The van der Waals surface area contributed by atoms with Gasteiger partial charge < -0.3 is 10.4 Å². The molecule has 0 bridgehead atoms. The van der Waals surface area contributed by atoms with Gasteiger partial charge in [-0.1, -0.05) is 12.2 Å². The maximum absolute atomic E-state index is 10.8. The van der Waals surface area contributed by atoms with E-state index in [2.05, 4.69) is 19.2 Å². The van der Waals surface area contributed by atoms with Gasteiger partial charge in [0.25, 0.3) is 0 Å². The Balaban J connectivity index is 2.45. The molecule has 2 rings (SSSR count). The topological polar surface area (TPSA) is 49.3 Å². The quantitative estimate of drug-likeness (QED) is 0.737. The summed E-state index contributed by atoms with van der Waals surface area (Å²) in [6.07, 6.45) is 3.99. The van der Waals surface area contributed by atoms with E-state index in [-0.39, 0.29) is 5.54 Å². The normalized spacial score (nSPS) is 16.7. The fraction of sp³-hybridized carbons (Fsp3) is 0.250. The molecule has 1 aromatic rings. The third-order valence-corrected chi connectivity index (χ3v) is 2.43. The molecule has 3 nitrogen and oxygen atoms in total. The molecular formula is C12H13NO2. The van der Waals surface area contributed by atoms with Gasteiger partial charge in [0.05, 0.1) is 11.1 Å². The van der Waals surface area contributed by atoms with Crippen LogP contribution in [0.25, 0.3) is 6.08 Å². The van der Waals surface area contributed by atoms with Crippen molar-refractivity contribution in [1.29, 1.82) is 0 Å². The second-order valence-electron chi connectivity index (χ2n) is 4.29. The van der Waals surface area contributed by atoms with Gasteiger partial charge in [0.15, 0.2) is 0 Å². The molecule has 0 atom stereocenters. The minimum atomic E-state index is -0.893. The van der Waals surface area contributed by atoms with E-state index in [0.717, 1.165) is 11.3 Å². The van der Waals surface area contributed by atoms with Gasteiger partial charge in [-0.25, -0.2) is 4.79 Å². The average Bonchev–Trinajstić information content (AvgIpc) is 2.15. The Morgan fingerprint density at radius 1 is 1.40 bits per heavy atom. The summed E-state index contributed by atoms with van der Waals surface area (Å²) >= 11 is 0. The molecule has 1 aromatic carbocycles. The molecule has 0 aliphatic carbocycles. The summed E-state index contributed by atoms with van der Waals surface area (Å²) in [4.78, 5) is 10.8. The van der Waals surface area contributed by atoms with Gasteiger partial charge in [-0.15, -0.1) is 0 Å². The molecule has 0 aromatic heterocycles. The van der Waals surface area contributed by atoms with Crippen molar-refractivity contribution in [2.24, 2.45) is 0 Å². The Morgan fingerprint density at radius 3 is 2.80 bits per heavy atom. The summed E-state index contributed by atoms with van der Waals surface area (Å²) < 4.78 is 0. The van der Waals surface area contributed by atoms with Gasteiger partial charge in [-0.3, -0.25) is 0 Å². The molecule has 0 amide bonds. The van der Waals surface area contributed by atoms with Crippen LogP contribution in [0.5, 0.6) is 0 Å². The Morgan fingerprint density at radius 2 is 2.13 bits per heavy atom. The van der Waals surface area contributed by atoms with Crippen LogP contribution >= 0.6 is 0 Å². The maximum Gasteiger partial charge on any atom is 0.335 e. The highest BCUT2D eigenvalue weighted by Gasteiger charge is 2.19. The summed E-state index contributed by atoms with van der Waals surface area (Å²) in [5.74, 6) is -0.893. The molecule has 1 aliphatic heterocycles. The van der Waals surface area contributed by atoms with Crippen LogP contribution in [0, 0.1) is 0 Å². The first-order valence-electron chi connectivity index (χ1n) is 4.83. The molecule has 1 heterocycles. The van der Waals surface area contributed by atoms with Crippen molar-refractivity contribution in [1.82, 2.24) is 0 Å². The van der Waals surface area contributed by atoms with E-state index in [4.69, 9.17) is 5.11 Å². The first kappa shape index (κ1) is 9.77. The highest BCUT2D eigenvalue weighted by atomic mass is 16.4. The fourth-order valence-corrected chi connectivity index (χ4v) is 1.63. The molecule has 1 aliphatic rings. The van der Waals surface area contributed by atoms with Crippen LogP contribution in [0.1, 0.15) is 29.8 Å². The molecule has 78 valence electrons. The largest absolute Gasteiger partial charge is 0.478 e. The number of anilines is 1. The maximum atomic E-state index is 10.8. The van der Waals surface area contributed by atoms with E-state index < -0.39 is 5.97 Å². The lowest BCUT2D eigenvalue weighted by Gasteiger charge is -2.28. The van der Waals surface area contributed by atoms with Crippen LogP contribution in [0.2, 0.25) is 0 Å². The van der Waals surface area contributed by atoms with Crippen molar-refractivity contribution in [3.05, 3.63) is 35.4 Å². The highest BCUT2D eigenvalue weighted by molar-refractivity contribution is 5.90.